The van der Waals surface area contributed by atoms with Crippen LogP contribution in [-0.4, -0.2) is 23.7 Å². The molecule has 4 heteroatoms. The van der Waals surface area contributed by atoms with Gasteiger partial charge >= 0.3 is 11.9 Å². The van der Waals surface area contributed by atoms with E-state index in [1.54, 1.807) is 0 Å². The molecule has 21 heavy (non-hydrogen) atoms. The van der Waals surface area contributed by atoms with E-state index in [0.29, 0.717) is 18.4 Å². The van der Waals surface area contributed by atoms with Crippen LogP contribution in [0.3, 0.4) is 0 Å². The molecule has 0 aromatic rings. The van der Waals surface area contributed by atoms with Crippen LogP contribution in [-0.2, 0) is 14.3 Å². The average molecular weight is 296 g/mol. The first-order chi connectivity index (χ1) is 10.1. The molecular weight excluding hydrogens is 268 g/mol. The highest BCUT2D eigenvalue weighted by atomic mass is 16.5. The lowest BCUT2D eigenvalue weighted by Gasteiger charge is -2.27. The second kappa shape index (κ2) is 7.81. The molecule has 0 aliphatic heterocycles. The molecule has 4 unspecified atom stereocenters. The molecule has 0 saturated heterocycles. The van der Waals surface area contributed by atoms with Crippen LogP contribution in [0, 0.1) is 23.7 Å². The first-order valence-corrected chi connectivity index (χ1v) is 8.45. The van der Waals surface area contributed by atoms with Crippen molar-refractivity contribution in [2.75, 3.05) is 6.61 Å². The van der Waals surface area contributed by atoms with Crippen LogP contribution in [0.2, 0.25) is 0 Å². The van der Waals surface area contributed by atoms with Crippen LogP contribution in [0.25, 0.3) is 0 Å². The number of rotatable bonds is 5. The zero-order chi connectivity index (χ0) is 15.2. The normalized spacial score (nSPS) is 33.4. The van der Waals surface area contributed by atoms with Crippen molar-refractivity contribution in [2.24, 2.45) is 23.7 Å². The first kappa shape index (κ1) is 16.3. The minimum atomic E-state index is -0.673. The Hall–Kier alpha value is -1.06. The molecule has 2 saturated carbocycles. The predicted octanol–water partition coefficient (Wildman–Crippen LogP) is 3.64. The van der Waals surface area contributed by atoms with E-state index < -0.39 is 5.97 Å². The van der Waals surface area contributed by atoms with Gasteiger partial charge in [0.15, 0.2) is 0 Å². The topological polar surface area (TPSA) is 63.6 Å². The van der Waals surface area contributed by atoms with Gasteiger partial charge in [0.05, 0.1) is 18.4 Å². The summed E-state index contributed by atoms with van der Waals surface area (Å²) >= 11 is 0. The fourth-order valence-corrected chi connectivity index (χ4v) is 3.87. The third kappa shape index (κ3) is 5.01. The molecule has 120 valence electrons. The first-order valence-electron chi connectivity index (χ1n) is 8.45. The number of hydrogen-bond acceptors (Lipinski definition) is 3. The average Bonchev–Trinajstić information content (AvgIpc) is 2.47. The highest BCUT2D eigenvalue weighted by Gasteiger charge is 2.28. The third-order valence-corrected chi connectivity index (χ3v) is 5.17. The molecule has 2 aliphatic rings. The Bertz CT molecular complexity index is 366. The van der Waals surface area contributed by atoms with Gasteiger partial charge in [0.1, 0.15) is 0 Å². The molecule has 2 fully saturated rings. The van der Waals surface area contributed by atoms with Crippen LogP contribution in [0.5, 0.6) is 0 Å². The summed E-state index contributed by atoms with van der Waals surface area (Å²) in [6, 6.07) is 0. The molecule has 0 aromatic heterocycles. The Balaban J connectivity index is 1.66. The summed E-state index contributed by atoms with van der Waals surface area (Å²) in [5.41, 5.74) is 0. The van der Waals surface area contributed by atoms with Crippen LogP contribution >= 0.6 is 0 Å². The number of esters is 1. The van der Waals surface area contributed by atoms with Gasteiger partial charge in [0.2, 0.25) is 0 Å². The summed E-state index contributed by atoms with van der Waals surface area (Å²) in [5, 5.41) is 9.08. The summed E-state index contributed by atoms with van der Waals surface area (Å²) in [7, 11) is 0. The zero-order valence-corrected chi connectivity index (χ0v) is 13.1. The van der Waals surface area contributed by atoms with Gasteiger partial charge in [0.25, 0.3) is 0 Å². The highest BCUT2D eigenvalue weighted by molar-refractivity contribution is 5.72. The van der Waals surface area contributed by atoms with Crippen molar-refractivity contribution in [3.05, 3.63) is 0 Å². The lowest BCUT2D eigenvalue weighted by atomic mass is 9.80. The standard InChI is InChI=1S/C17H28O4/c1-12-4-2-7-15(10-12)17(20)21-9-8-13-5-3-6-14(11-13)16(18)19/h12-15H,2-11H2,1H3,(H,18,19). The lowest BCUT2D eigenvalue weighted by molar-refractivity contribution is -0.151. The molecule has 0 bridgehead atoms. The van der Waals surface area contributed by atoms with E-state index in [1.807, 2.05) is 0 Å². The maximum atomic E-state index is 12.0. The second-order valence-corrected chi connectivity index (χ2v) is 6.99. The molecule has 0 amide bonds. The maximum absolute atomic E-state index is 12.0. The third-order valence-electron chi connectivity index (χ3n) is 5.17. The molecule has 4 nitrogen and oxygen atoms in total. The molecule has 0 radical (unpaired) electrons. The Kier molecular flexibility index (Phi) is 6.07. The minimum Gasteiger partial charge on any atom is -0.481 e. The number of carbonyl (C=O) groups is 2. The molecular formula is C17H28O4. The van der Waals surface area contributed by atoms with E-state index in [9.17, 15) is 9.59 Å². The summed E-state index contributed by atoms with van der Waals surface area (Å²) in [6.45, 7) is 2.66. The summed E-state index contributed by atoms with van der Waals surface area (Å²) in [4.78, 5) is 23.1. The molecule has 1 N–H and O–H groups in total. The largest absolute Gasteiger partial charge is 0.481 e. The second-order valence-electron chi connectivity index (χ2n) is 6.99. The van der Waals surface area contributed by atoms with Crippen molar-refractivity contribution in [1.82, 2.24) is 0 Å². The predicted molar refractivity (Wildman–Crippen MR) is 79.8 cm³/mol. The van der Waals surface area contributed by atoms with Gasteiger partial charge in [-0.1, -0.05) is 32.6 Å². The van der Waals surface area contributed by atoms with Gasteiger partial charge in [-0.2, -0.15) is 0 Å². The van der Waals surface area contributed by atoms with E-state index in [4.69, 9.17) is 9.84 Å². The van der Waals surface area contributed by atoms with Gasteiger partial charge in [-0.25, -0.2) is 0 Å². The SMILES string of the molecule is CC1CCCC(C(=O)OCCC2CCCC(C(=O)O)C2)C1. The number of carboxylic acid groups (broad SMARTS) is 1. The Morgan fingerprint density at radius 2 is 1.76 bits per heavy atom. The number of hydrogen-bond donors (Lipinski definition) is 1. The molecule has 0 aromatic carbocycles. The van der Waals surface area contributed by atoms with Gasteiger partial charge in [-0.05, 0) is 43.9 Å². The quantitative estimate of drug-likeness (QED) is 0.787. The molecule has 0 heterocycles. The van der Waals surface area contributed by atoms with Gasteiger partial charge in [-0.15, -0.1) is 0 Å². The molecule has 0 spiro atoms. The summed E-state index contributed by atoms with van der Waals surface area (Å²) in [5.74, 6) is 0.217. The molecule has 2 aliphatic carbocycles. The number of carboxylic acids is 1. The van der Waals surface area contributed by atoms with Crippen molar-refractivity contribution in [1.29, 1.82) is 0 Å². The van der Waals surface area contributed by atoms with Crippen LogP contribution in [0.4, 0.5) is 0 Å². The van der Waals surface area contributed by atoms with Gasteiger partial charge < -0.3 is 9.84 Å². The maximum Gasteiger partial charge on any atom is 0.308 e. The van der Waals surface area contributed by atoms with Crippen LogP contribution in [0.15, 0.2) is 0 Å². The molecule has 4 atom stereocenters. The van der Waals surface area contributed by atoms with Crippen molar-refractivity contribution in [3.63, 3.8) is 0 Å². The Morgan fingerprint density at radius 1 is 1.05 bits per heavy atom. The van der Waals surface area contributed by atoms with Crippen molar-refractivity contribution in [3.8, 4) is 0 Å². The monoisotopic (exact) mass is 296 g/mol. The summed E-state index contributed by atoms with van der Waals surface area (Å²) < 4.78 is 5.44. The van der Waals surface area contributed by atoms with Gasteiger partial charge in [0, 0.05) is 0 Å². The number of aliphatic carboxylic acids is 1. The zero-order valence-electron chi connectivity index (χ0n) is 13.1. The van der Waals surface area contributed by atoms with Gasteiger partial charge in [-0.3, -0.25) is 9.59 Å². The van der Waals surface area contributed by atoms with Crippen molar-refractivity contribution < 1.29 is 19.4 Å². The van der Waals surface area contributed by atoms with E-state index in [2.05, 4.69) is 6.92 Å². The lowest BCUT2D eigenvalue weighted by Crippen LogP contribution is -2.26. The smallest absolute Gasteiger partial charge is 0.308 e. The van der Waals surface area contributed by atoms with Crippen LogP contribution in [0.1, 0.15) is 64.7 Å². The fraction of sp³-hybridized carbons (Fsp3) is 0.882. The molecule has 2 rings (SSSR count). The Morgan fingerprint density at radius 3 is 2.48 bits per heavy atom. The fourth-order valence-electron chi connectivity index (χ4n) is 3.87. The van der Waals surface area contributed by atoms with E-state index in [0.717, 1.165) is 51.4 Å². The van der Waals surface area contributed by atoms with Crippen molar-refractivity contribution >= 4 is 11.9 Å². The number of carbonyl (C=O) groups excluding carboxylic acids is 1. The van der Waals surface area contributed by atoms with E-state index in [1.165, 1.54) is 6.42 Å². The number of ether oxygens (including phenoxy) is 1. The Labute approximate surface area is 127 Å². The highest BCUT2D eigenvalue weighted by Crippen LogP contribution is 2.32. The summed E-state index contributed by atoms with van der Waals surface area (Å²) in [6.07, 6.45) is 8.69. The minimum absolute atomic E-state index is 0.0351. The van der Waals surface area contributed by atoms with E-state index >= 15 is 0 Å². The van der Waals surface area contributed by atoms with Crippen LogP contribution < -0.4 is 0 Å². The van der Waals surface area contributed by atoms with E-state index in [-0.39, 0.29) is 17.8 Å². The van der Waals surface area contributed by atoms with Crippen molar-refractivity contribution in [2.45, 2.75) is 64.7 Å².